The molecule has 0 aliphatic carbocycles. The lowest BCUT2D eigenvalue weighted by Gasteiger charge is -2.08. The highest BCUT2D eigenvalue weighted by molar-refractivity contribution is 6.02. The number of carboxylic acid groups (broad SMARTS) is 1. The lowest BCUT2D eigenvalue weighted by atomic mass is 10.2. The van der Waals surface area contributed by atoms with Crippen molar-refractivity contribution in [3.8, 4) is 5.75 Å². The van der Waals surface area contributed by atoms with Crippen LogP contribution in [-0.2, 0) is 0 Å². The van der Waals surface area contributed by atoms with Gasteiger partial charge in [0.15, 0.2) is 11.4 Å². The molecule has 2 rings (SSSR count). The van der Waals surface area contributed by atoms with Crippen molar-refractivity contribution in [1.82, 2.24) is 10.2 Å². The number of halogens is 3. The van der Waals surface area contributed by atoms with E-state index in [9.17, 15) is 18.0 Å². The molecule has 5 nitrogen and oxygen atoms in total. The van der Waals surface area contributed by atoms with E-state index in [1.807, 2.05) is 0 Å². The summed E-state index contributed by atoms with van der Waals surface area (Å²) in [4.78, 5) is 10.7. The molecule has 2 aromatic rings. The fraction of sp³-hybridized carbons (Fsp3) is 0.111. The largest absolute Gasteiger partial charge is 0.573 e. The molecule has 0 spiro atoms. The van der Waals surface area contributed by atoms with E-state index in [0.29, 0.717) is 0 Å². The normalized spacial score (nSPS) is 11.7. The minimum absolute atomic E-state index is 0.0549. The number of aromatic nitrogens is 2. The number of nitrogens with zero attached hydrogens (tertiary/aromatic N) is 1. The number of hydrogen-bond donors (Lipinski definition) is 2. The van der Waals surface area contributed by atoms with Crippen molar-refractivity contribution >= 4 is 16.9 Å². The lowest BCUT2D eigenvalue weighted by molar-refractivity contribution is -0.274. The van der Waals surface area contributed by atoms with E-state index in [-0.39, 0.29) is 16.6 Å². The first-order valence-electron chi connectivity index (χ1n) is 4.34. The zero-order valence-corrected chi connectivity index (χ0v) is 8.08. The van der Waals surface area contributed by atoms with E-state index < -0.39 is 18.1 Å². The van der Waals surface area contributed by atoms with E-state index in [0.717, 1.165) is 6.07 Å². The van der Waals surface area contributed by atoms with Crippen LogP contribution in [0.5, 0.6) is 5.75 Å². The Balaban J connectivity index is 2.56. The Kier molecular flexibility index (Phi) is 2.41. The van der Waals surface area contributed by atoms with Gasteiger partial charge in [0.1, 0.15) is 5.52 Å². The third-order valence-electron chi connectivity index (χ3n) is 1.99. The number of fused-ring (bicyclic) bond motifs is 1. The predicted octanol–water partition coefficient (Wildman–Crippen LogP) is 2.16. The van der Waals surface area contributed by atoms with Crippen LogP contribution in [0.3, 0.4) is 0 Å². The molecule has 0 saturated heterocycles. The van der Waals surface area contributed by atoms with E-state index >= 15 is 0 Å². The van der Waals surface area contributed by atoms with Gasteiger partial charge in [0.25, 0.3) is 0 Å². The highest BCUT2D eigenvalue weighted by atomic mass is 19.4. The van der Waals surface area contributed by atoms with E-state index in [4.69, 9.17) is 5.11 Å². The Hall–Kier alpha value is -2.25. The third kappa shape index (κ3) is 2.14. The zero-order valence-electron chi connectivity index (χ0n) is 8.08. The number of aromatic amines is 1. The summed E-state index contributed by atoms with van der Waals surface area (Å²) in [5, 5.41) is 14.4. The Morgan fingerprint density at radius 1 is 1.41 bits per heavy atom. The quantitative estimate of drug-likeness (QED) is 0.851. The predicted molar refractivity (Wildman–Crippen MR) is 49.7 cm³/mol. The number of H-pyrrole nitrogens is 1. The van der Waals surface area contributed by atoms with Gasteiger partial charge in [0.2, 0.25) is 0 Å². The van der Waals surface area contributed by atoms with Crippen LogP contribution in [0.4, 0.5) is 13.2 Å². The maximum absolute atomic E-state index is 12.1. The summed E-state index contributed by atoms with van der Waals surface area (Å²) in [5.74, 6) is -1.85. The van der Waals surface area contributed by atoms with Gasteiger partial charge >= 0.3 is 12.3 Å². The average Bonchev–Trinajstić information content (AvgIpc) is 2.59. The molecule has 17 heavy (non-hydrogen) atoms. The molecule has 1 aromatic carbocycles. The summed E-state index contributed by atoms with van der Waals surface area (Å²) >= 11 is 0. The van der Waals surface area contributed by atoms with Crippen LogP contribution < -0.4 is 4.74 Å². The molecule has 2 N–H and O–H groups in total. The maximum atomic E-state index is 12.1. The Labute approximate surface area is 91.8 Å². The van der Waals surface area contributed by atoms with Crippen LogP contribution in [0.1, 0.15) is 10.5 Å². The van der Waals surface area contributed by atoms with E-state index in [1.165, 1.54) is 12.1 Å². The Bertz CT molecular complexity index is 576. The molecule has 1 aromatic heterocycles. The number of alkyl halides is 3. The average molecular weight is 246 g/mol. The molecule has 0 atom stereocenters. The molecule has 8 heteroatoms. The smallest absolute Gasteiger partial charge is 0.476 e. The van der Waals surface area contributed by atoms with Crippen LogP contribution in [0.15, 0.2) is 18.2 Å². The molecule has 0 amide bonds. The number of hydrogen-bond acceptors (Lipinski definition) is 3. The second-order valence-corrected chi connectivity index (χ2v) is 3.10. The molecule has 0 aliphatic heterocycles. The van der Waals surface area contributed by atoms with Gasteiger partial charge in [0.05, 0.1) is 0 Å². The van der Waals surface area contributed by atoms with Crippen LogP contribution in [0.25, 0.3) is 10.9 Å². The van der Waals surface area contributed by atoms with Gasteiger partial charge < -0.3 is 9.84 Å². The van der Waals surface area contributed by atoms with E-state index in [2.05, 4.69) is 14.9 Å². The minimum atomic E-state index is -4.84. The van der Waals surface area contributed by atoms with Crippen molar-refractivity contribution in [1.29, 1.82) is 0 Å². The van der Waals surface area contributed by atoms with E-state index in [1.54, 1.807) is 0 Å². The fourth-order valence-electron chi connectivity index (χ4n) is 1.39. The highest BCUT2D eigenvalue weighted by Crippen LogP contribution is 2.30. The molecule has 90 valence electrons. The highest BCUT2D eigenvalue weighted by Gasteiger charge is 2.32. The minimum Gasteiger partial charge on any atom is -0.476 e. The lowest BCUT2D eigenvalue weighted by Crippen LogP contribution is -2.17. The SMILES string of the molecule is O=C(O)c1n[nH]c2c(OC(F)(F)F)cccc12. The third-order valence-corrected chi connectivity index (χ3v) is 1.99. The molecule has 0 fully saturated rings. The fourth-order valence-corrected chi connectivity index (χ4v) is 1.39. The van der Waals surface area contributed by atoms with Gasteiger partial charge in [-0.05, 0) is 6.07 Å². The maximum Gasteiger partial charge on any atom is 0.573 e. The van der Waals surface area contributed by atoms with Gasteiger partial charge in [-0.2, -0.15) is 5.10 Å². The van der Waals surface area contributed by atoms with Crippen molar-refractivity contribution in [2.24, 2.45) is 0 Å². The summed E-state index contributed by atoms with van der Waals surface area (Å²) in [6.45, 7) is 0. The summed E-state index contributed by atoms with van der Waals surface area (Å²) in [6, 6.07) is 3.66. The molecule has 1 heterocycles. The molecule has 0 bridgehead atoms. The summed E-state index contributed by atoms with van der Waals surface area (Å²) < 4.78 is 39.9. The summed E-state index contributed by atoms with van der Waals surface area (Å²) in [6.07, 6.45) is -4.84. The molecular weight excluding hydrogens is 241 g/mol. The van der Waals surface area contributed by atoms with Crippen LogP contribution in [0, 0.1) is 0 Å². The van der Waals surface area contributed by atoms with Crippen molar-refractivity contribution in [2.75, 3.05) is 0 Å². The van der Waals surface area contributed by atoms with Crippen molar-refractivity contribution in [3.05, 3.63) is 23.9 Å². The summed E-state index contributed by atoms with van der Waals surface area (Å²) in [7, 11) is 0. The zero-order chi connectivity index (χ0) is 12.6. The van der Waals surface area contributed by atoms with Crippen molar-refractivity contribution in [2.45, 2.75) is 6.36 Å². The first-order chi connectivity index (χ1) is 7.88. The van der Waals surface area contributed by atoms with Crippen LogP contribution in [0.2, 0.25) is 0 Å². The topological polar surface area (TPSA) is 75.2 Å². The number of carboxylic acids is 1. The first kappa shape index (κ1) is 11.2. The summed E-state index contributed by atoms with van der Waals surface area (Å²) in [5.41, 5.74) is -0.463. The van der Waals surface area contributed by atoms with Crippen LogP contribution >= 0.6 is 0 Å². The standard InChI is InChI=1S/C9H5F3N2O3/c10-9(11,12)17-5-3-1-2-4-6(5)13-14-7(4)8(15)16/h1-3H,(H,13,14)(H,15,16). The molecule has 0 radical (unpaired) electrons. The van der Waals surface area contributed by atoms with Crippen LogP contribution in [-0.4, -0.2) is 27.6 Å². The Morgan fingerprint density at radius 2 is 2.12 bits per heavy atom. The van der Waals surface area contributed by atoms with Crippen molar-refractivity contribution in [3.63, 3.8) is 0 Å². The second-order valence-electron chi connectivity index (χ2n) is 3.10. The number of nitrogens with one attached hydrogen (secondary N) is 1. The number of aromatic carboxylic acids is 1. The number of carbonyl (C=O) groups is 1. The molecule has 0 aliphatic rings. The number of benzene rings is 1. The first-order valence-corrected chi connectivity index (χ1v) is 4.34. The number of rotatable bonds is 2. The number of para-hydroxylation sites is 1. The number of ether oxygens (including phenoxy) is 1. The van der Waals surface area contributed by atoms with Gasteiger partial charge in [-0.3, -0.25) is 5.10 Å². The molecular formula is C9H5F3N2O3. The molecule has 0 saturated carbocycles. The van der Waals surface area contributed by atoms with Crippen molar-refractivity contribution < 1.29 is 27.8 Å². The van der Waals surface area contributed by atoms with Gasteiger partial charge in [-0.1, -0.05) is 12.1 Å². The monoisotopic (exact) mass is 246 g/mol. The van der Waals surface area contributed by atoms with Gasteiger partial charge in [0, 0.05) is 5.39 Å². The van der Waals surface area contributed by atoms with Gasteiger partial charge in [-0.15, -0.1) is 13.2 Å². The Morgan fingerprint density at radius 3 is 2.71 bits per heavy atom. The second kappa shape index (κ2) is 3.65. The van der Waals surface area contributed by atoms with Gasteiger partial charge in [-0.25, -0.2) is 4.79 Å². The molecule has 0 unspecified atom stereocenters.